The number of carbonyl (C=O) groups is 1. The Morgan fingerprint density at radius 2 is 1.70 bits per heavy atom. The number of ether oxygens (including phenoxy) is 1. The lowest BCUT2D eigenvalue weighted by atomic mass is 10.0. The van der Waals surface area contributed by atoms with Crippen molar-refractivity contribution in [1.29, 1.82) is 0 Å². The van der Waals surface area contributed by atoms with Crippen molar-refractivity contribution in [3.05, 3.63) is 29.3 Å². The fraction of sp³-hybridized carbons (Fsp3) is 0.696. The Morgan fingerprint density at radius 3 is 2.30 bits per heavy atom. The molecule has 154 valence electrons. The van der Waals surface area contributed by atoms with Gasteiger partial charge in [-0.3, -0.25) is 0 Å². The molecular weight excluding hydrogens is 336 g/mol. The molecule has 0 bridgehead atoms. The first-order chi connectivity index (χ1) is 13.1. The Bertz CT molecular complexity index is 513. The molecule has 1 aromatic carbocycles. The van der Waals surface area contributed by atoms with E-state index in [4.69, 9.17) is 9.53 Å². The van der Waals surface area contributed by atoms with Gasteiger partial charge in [0.1, 0.15) is 18.6 Å². The minimum absolute atomic E-state index is 0.391. The van der Waals surface area contributed by atoms with E-state index in [-0.39, 0.29) is 0 Å². The summed E-state index contributed by atoms with van der Waals surface area (Å²) in [6.45, 7) is 16.6. The van der Waals surface area contributed by atoms with Gasteiger partial charge >= 0.3 is 0 Å². The maximum atomic E-state index is 8.00. The molecule has 27 heavy (non-hydrogen) atoms. The highest BCUT2D eigenvalue weighted by atomic mass is 16.5. The maximum absolute atomic E-state index is 8.00. The van der Waals surface area contributed by atoms with Crippen LogP contribution in [0.25, 0.3) is 0 Å². The molecule has 1 saturated heterocycles. The number of nitrogens with one attached hydrogen (secondary N) is 1. The summed E-state index contributed by atoms with van der Waals surface area (Å²) in [5, 5.41) is 3.39. The van der Waals surface area contributed by atoms with Crippen LogP contribution in [0.5, 0.6) is 5.75 Å². The smallest absolute Gasteiger partial charge is 0.120 e. The van der Waals surface area contributed by atoms with Gasteiger partial charge in [-0.05, 0) is 68.0 Å². The molecule has 0 saturated carbocycles. The maximum Gasteiger partial charge on any atom is 0.120 e. The topological polar surface area (TPSA) is 41.6 Å². The van der Waals surface area contributed by atoms with Crippen molar-refractivity contribution in [2.45, 2.75) is 65.9 Å². The molecule has 0 spiro atoms. The van der Waals surface area contributed by atoms with Gasteiger partial charge in [-0.15, -0.1) is 0 Å². The average Bonchev–Trinajstić information content (AvgIpc) is 2.87. The molecule has 1 N–H and O–H groups in total. The molecule has 0 aromatic heterocycles. The summed E-state index contributed by atoms with van der Waals surface area (Å²) < 4.78 is 6.20. The zero-order valence-electron chi connectivity index (χ0n) is 17.9. The molecular formula is C23H40N2O2. The monoisotopic (exact) mass is 376 g/mol. The van der Waals surface area contributed by atoms with E-state index in [1.54, 1.807) is 0 Å². The largest absolute Gasteiger partial charge is 0.490 e. The second-order valence-electron chi connectivity index (χ2n) is 7.90. The predicted octanol–water partition coefficient (Wildman–Crippen LogP) is 4.11. The van der Waals surface area contributed by atoms with Crippen LogP contribution in [-0.4, -0.2) is 50.5 Å². The van der Waals surface area contributed by atoms with Crippen LogP contribution in [0.15, 0.2) is 18.2 Å². The highest BCUT2D eigenvalue weighted by Gasteiger charge is 2.17. The number of piperidine rings is 1. The standard InChI is InChI=1S/C19H30N2O.C3H8.CH2O/c1-15(2)14-21-11-7-16-3-4-19(13-17(16)8-12-21)22-18-5-9-20-10-6-18;1-3-2;1-2/h3-4,13,15,18,20H,5-12,14H2,1-2H3;3H2,1-2H3;1H2. The first kappa shape index (κ1) is 23.6. The van der Waals surface area contributed by atoms with E-state index in [9.17, 15) is 0 Å². The molecule has 0 aliphatic carbocycles. The number of nitrogens with zero attached hydrogens (tertiary/aromatic N) is 1. The second-order valence-corrected chi connectivity index (χ2v) is 7.90. The second kappa shape index (κ2) is 13.7. The van der Waals surface area contributed by atoms with Gasteiger partial charge in [0.05, 0.1) is 0 Å². The number of rotatable bonds is 4. The highest BCUT2D eigenvalue weighted by molar-refractivity contribution is 5.37. The van der Waals surface area contributed by atoms with Gasteiger partial charge in [-0.2, -0.15) is 0 Å². The summed E-state index contributed by atoms with van der Waals surface area (Å²) in [5.74, 6) is 1.82. The van der Waals surface area contributed by atoms with Gasteiger partial charge in [-0.1, -0.05) is 40.2 Å². The summed E-state index contributed by atoms with van der Waals surface area (Å²) in [6.07, 6.45) is 6.22. The molecule has 4 heteroatoms. The normalized spacial score (nSPS) is 17.7. The zero-order chi connectivity index (χ0) is 20.1. The highest BCUT2D eigenvalue weighted by Crippen LogP contribution is 2.24. The van der Waals surface area contributed by atoms with Crippen molar-refractivity contribution < 1.29 is 9.53 Å². The van der Waals surface area contributed by atoms with Gasteiger partial charge in [0.25, 0.3) is 0 Å². The molecule has 2 aliphatic rings. The van der Waals surface area contributed by atoms with Gasteiger partial charge < -0.3 is 19.7 Å². The van der Waals surface area contributed by atoms with Crippen LogP contribution in [0.2, 0.25) is 0 Å². The Balaban J connectivity index is 0.000000665. The molecule has 0 atom stereocenters. The lowest BCUT2D eigenvalue weighted by Gasteiger charge is -2.24. The lowest BCUT2D eigenvalue weighted by molar-refractivity contribution is -0.0979. The van der Waals surface area contributed by atoms with Crippen LogP contribution in [0, 0.1) is 5.92 Å². The zero-order valence-corrected chi connectivity index (χ0v) is 17.9. The van der Waals surface area contributed by atoms with Crippen LogP contribution in [0.1, 0.15) is 58.1 Å². The summed E-state index contributed by atoms with van der Waals surface area (Å²) in [6, 6.07) is 6.78. The van der Waals surface area contributed by atoms with E-state index in [1.807, 2.05) is 6.79 Å². The lowest BCUT2D eigenvalue weighted by Crippen LogP contribution is -2.34. The Labute approximate surface area is 166 Å². The third-order valence-corrected chi connectivity index (χ3v) is 4.78. The number of fused-ring (bicyclic) bond motifs is 1. The van der Waals surface area contributed by atoms with Gasteiger partial charge in [0.15, 0.2) is 0 Å². The fourth-order valence-electron chi connectivity index (χ4n) is 3.63. The van der Waals surface area contributed by atoms with Crippen molar-refractivity contribution in [3.8, 4) is 5.75 Å². The van der Waals surface area contributed by atoms with E-state index in [2.05, 4.69) is 56.1 Å². The Kier molecular flexibility index (Phi) is 12.0. The van der Waals surface area contributed by atoms with E-state index in [0.717, 1.165) is 44.0 Å². The van der Waals surface area contributed by atoms with Crippen molar-refractivity contribution in [3.63, 3.8) is 0 Å². The molecule has 1 fully saturated rings. The number of hydrogen-bond acceptors (Lipinski definition) is 4. The first-order valence-electron chi connectivity index (χ1n) is 10.6. The molecule has 0 radical (unpaired) electrons. The summed E-state index contributed by atoms with van der Waals surface area (Å²) in [7, 11) is 0. The average molecular weight is 377 g/mol. The number of benzene rings is 1. The van der Waals surface area contributed by atoms with Crippen molar-refractivity contribution >= 4 is 6.79 Å². The summed E-state index contributed by atoms with van der Waals surface area (Å²) in [5.41, 5.74) is 3.02. The van der Waals surface area contributed by atoms with E-state index in [1.165, 1.54) is 43.6 Å². The SMILES string of the molecule is C=O.CC(C)CN1CCc2ccc(OC3CCNCC3)cc2CC1.CCC. The number of carbonyl (C=O) groups excluding carboxylic acids is 1. The number of hydrogen-bond donors (Lipinski definition) is 1. The quantitative estimate of drug-likeness (QED) is 0.859. The van der Waals surface area contributed by atoms with Crippen LogP contribution >= 0.6 is 0 Å². The Morgan fingerprint density at radius 1 is 1.11 bits per heavy atom. The Hall–Kier alpha value is -1.39. The van der Waals surface area contributed by atoms with Crippen LogP contribution < -0.4 is 10.1 Å². The van der Waals surface area contributed by atoms with Crippen LogP contribution in [0.4, 0.5) is 0 Å². The molecule has 3 rings (SSSR count). The van der Waals surface area contributed by atoms with Gasteiger partial charge in [0, 0.05) is 19.6 Å². The third-order valence-electron chi connectivity index (χ3n) is 4.78. The summed E-state index contributed by atoms with van der Waals surface area (Å²) >= 11 is 0. The molecule has 0 unspecified atom stereocenters. The minimum atomic E-state index is 0.391. The first-order valence-corrected chi connectivity index (χ1v) is 10.6. The van der Waals surface area contributed by atoms with Crippen molar-refractivity contribution in [1.82, 2.24) is 10.2 Å². The van der Waals surface area contributed by atoms with E-state index < -0.39 is 0 Å². The molecule has 2 aliphatic heterocycles. The van der Waals surface area contributed by atoms with Crippen LogP contribution in [-0.2, 0) is 17.6 Å². The van der Waals surface area contributed by atoms with E-state index >= 15 is 0 Å². The van der Waals surface area contributed by atoms with Crippen molar-refractivity contribution in [2.24, 2.45) is 5.92 Å². The molecule has 1 aromatic rings. The predicted molar refractivity (Wildman–Crippen MR) is 115 cm³/mol. The molecule has 2 heterocycles. The van der Waals surface area contributed by atoms with Crippen molar-refractivity contribution in [2.75, 3.05) is 32.7 Å². The molecule has 0 amide bonds. The minimum Gasteiger partial charge on any atom is -0.490 e. The van der Waals surface area contributed by atoms with Gasteiger partial charge in [-0.25, -0.2) is 0 Å². The summed E-state index contributed by atoms with van der Waals surface area (Å²) in [4.78, 5) is 10.6. The molecule has 4 nitrogen and oxygen atoms in total. The third kappa shape index (κ3) is 8.89. The fourth-order valence-corrected chi connectivity index (χ4v) is 3.63. The van der Waals surface area contributed by atoms with Gasteiger partial charge in [0.2, 0.25) is 0 Å². The van der Waals surface area contributed by atoms with E-state index in [0.29, 0.717) is 6.10 Å². The van der Waals surface area contributed by atoms with Crippen LogP contribution in [0.3, 0.4) is 0 Å².